The summed E-state index contributed by atoms with van der Waals surface area (Å²) in [7, 11) is 0. The summed E-state index contributed by atoms with van der Waals surface area (Å²) >= 11 is 1.90. The molecule has 1 aromatic heterocycles. The first kappa shape index (κ1) is 15.0. The van der Waals surface area contributed by atoms with Gasteiger partial charge in [0.25, 0.3) is 0 Å². The van der Waals surface area contributed by atoms with Crippen LogP contribution in [-0.4, -0.2) is 30.1 Å². The van der Waals surface area contributed by atoms with Crippen molar-refractivity contribution in [1.29, 1.82) is 0 Å². The highest BCUT2D eigenvalue weighted by Crippen LogP contribution is 2.29. The van der Waals surface area contributed by atoms with Crippen LogP contribution in [0.3, 0.4) is 0 Å². The van der Waals surface area contributed by atoms with Gasteiger partial charge in [-0.05, 0) is 50.2 Å². The van der Waals surface area contributed by atoms with Crippen LogP contribution in [-0.2, 0) is 6.54 Å². The van der Waals surface area contributed by atoms with Crippen LogP contribution in [0.25, 0.3) is 0 Å². The predicted octanol–water partition coefficient (Wildman–Crippen LogP) is 3.88. The highest BCUT2D eigenvalue weighted by atomic mass is 32.1. The molecule has 1 heterocycles. The summed E-state index contributed by atoms with van der Waals surface area (Å²) in [5.41, 5.74) is 0. The van der Waals surface area contributed by atoms with Crippen LogP contribution in [0.5, 0.6) is 0 Å². The van der Waals surface area contributed by atoms with E-state index < -0.39 is 0 Å². The van der Waals surface area contributed by atoms with Crippen LogP contribution in [0, 0.1) is 0 Å². The summed E-state index contributed by atoms with van der Waals surface area (Å²) in [4.78, 5) is 4.22. The topological polar surface area (TPSA) is 15.3 Å². The van der Waals surface area contributed by atoms with Gasteiger partial charge in [0, 0.05) is 23.5 Å². The number of thiophene rings is 1. The van der Waals surface area contributed by atoms with Crippen molar-refractivity contribution in [1.82, 2.24) is 10.2 Å². The molecular formula is C16H28N2S. The molecule has 0 unspecified atom stereocenters. The first-order valence-corrected chi connectivity index (χ1v) is 8.63. The number of rotatable bonds is 10. The maximum absolute atomic E-state index is 3.49. The molecule has 0 aliphatic heterocycles. The molecule has 0 aromatic carbocycles. The second kappa shape index (κ2) is 8.03. The Morgan fingerprint density at radius 3 is 2.79 bits per heavy atom. The van der Waals surface area contributed by atoms with Gasteiger partial charge in [0.2, 0.25) is 0 Å². The van der Waals surface area contributed by atoms with Crippen LogP contribution >= 0.6 is 11.3 Å². The lowest BCUT2D eigenvalue weighted by Crippen LogP contribution is -2.27. The van der Waals surface area contributed by atoms with Crippen molar-refractivity contribution in [2.45, 2.75) is 64.6 Å². The summed E-state index contributed by atoms with van der Waals surface area (Å²) in [6, 6.07) is 5.95. The van der Waals surface area contributed by atoms with E-state index in [0.29, 0.717) is 6.04 Å². The third-order valence-electron chi connectivity index (χ3n) is 3.68. The summed E-state index contributed by atoms with van der Waals surface area (Å²) in [6.07, 6.45) is 6.85. The Bertz CT molecular complexity index is 331. The molecule has 0 radical (unpaired) electrons. The number of hydrogen-bond donors (Lipinski definition) is 1. The lowest BCUT2D eigenvalue weighted by Gasteiger charge is -2.21. The molecule has 1 fully saturated rings. The maximum Gasteiger partial charge on any atom is 0.0330 e. The van der Waals surface area contributed by atoms with E-state index in [1.165, 1.54) is 56.6 Å². The Morgan fingerprint density at radius 1 is 1.32 bits per heavy atom. The second-order valence-electron chi connectivity index (χ2n) is 5.95. The molecular weight excluding hydrogens is 252 g/mol. The van der Waals surface area contributed by atoms with Crippen molar-refractivity contribution in [2.75, 3.05) is 13.1 Å². The molecule has 0 amide bonds. The largest absolute Gasteiger partial charge is 0.315 e. The smallest absolute Gasteiger partial charge is 0.0330 e. The molecule has 2 nitrogen and oxygen atoms in total. The maximum atomic E-state index is 3.49. The van der Waals surface area contributed by atoms with E-state index in [4.69, 9.17) is 0 Å². The van der Waals surface area contributed by atoms with Crippen molar-refractivity contribution in [3.05, 3.63) is 22.4 Å². The van der Waals surface area contributed by atoms with Crippen LogP contribution in [0.4, 0.5) is 0 Å². The first-order chi connectivity index (χ1) is 9.25. The summed E-state index contributed by atoms with van der Waals surface area (Å²) in [5, 5.41) is 5.69. The third-order valence-corrected chi connectivity index (χ3v) is 4.54. The minimum Gasteiger partial charge on any atom is -0.315 e. The Kier molecular flexibility index (Phi) is 6.35. The molecule has 1 N–H and O–H groups in total. The molecule has 1 aromatic rings. The normalized spacial score (nSPS) is 15.6. The minimum absolute atomic E-state index is 0.627. The zero-order valence-corrected chi connectivity index (χ0v) is 13.2. The molecule has 108 valence electrons. The van der Waals surface area contributed by atoms with Crippen molar-refractivity contribution < 1.29 is 0 Å². The zero-order chi connectivity index (χ0) is 13.5. The average molecular weight is 280 g/mol. The van der Waals surface area contributed by atoms with Crippen LogP contribution in [0.1, 0.15) is 50.8 Å². The van der Waals surface area contributed by atoms with Crippen LogP contribution in [0.15, 0.2) is 17.5 Å². The van der Waals surface area contributed by atoms with Gasteiger partial charge in [-0.1, -0.05) is 26.3 Å². The van der Waals surface area contributed by atoms with Gasteiger partial charge in [0.1, 0.15) is 0 Å². The average Bonchev–Trinajstić information content (AvgIpc) is 3.10. The van der Waals surface area contributed by atoms with Crippen molar-refractivity contribution in [2.24, 2.45) is 0 Å². The molecule has 2 rings (SSSR count). The summed E-state index contributed by atoms with van der Waals surface area (Å²) in [6.45, 7) is 8.06. The predicted molar refractivity (Wildman–Crippen MR) is 84.7 cm³/mol. The molecule has 0 saturated heterocycles. The molecule has 3 heteroatoms. The Morgan fingerprint density at radius 2 is 2.16 bits per heavy atom. The van der Waals surface area contributed by atoms with E-state index in [9.17, 15) is 0 Å². The lowest BCUT2D eigenvalue weighted by atomic mass is 10.2. The molecule has 19 heavy (non-hydrogen) atoms. The Hall–Kier alpha value is -0.380. The standard InChI is InChI=1S/C16H28N2S/c1-14(2)17-10-4-3-5-11-18(15-8-9-15)13-16-7-6-12-19-16/h6-7,12,14-15,17H,3-5,8-11,13H2,1-2H3. The van der Waals surface area contributed by atoms with Crippen molar-refractivity contribution in [3.63, 3.8) is 0 Å². The molecule has 1 aliphatic carbocycles. The molecule has 1 saturated carbocycles. The van der Waals surface area contributed by atoms with Crippen molar-refractivity contribution >= 4 is 11.3 Å². The van der Waals surface area contributed by atoms with Gasteiger partial charge < -0.3 is 5.32 Å². The van der Waals surface area contributed by atoms with Gasteiger partial charge in [-0.15, -0.1) is 11.3 Å². The first-order valence-electron chi connectivity index (χ1n) is 7.75. The zero-order valence-electron chi connectivity index (χ0n) is 12.4. The molecule has 0 bridgehead atoms. The third kappa shape index (κ3) is 6.07. The highest BCUT2D eigenvalue weighted by Gasteiger charge is 2.28. The molecule has 0 spiro atoms. The number of nitrogens with zero attached hydrogens (tertiary/aromatic N) is 1. The van der Waals surface area contributed by atoms with Crippen LogP contribution < -0.4 is 5.32 Å². The molecule has 1 aliphatic rings. The number of unbranched alkanes of at least 4 members (excludes halogenated alkanes) is 2. The SMILES string of the molecule is CC(C)NCCCCCN(Cc1cccs1)C1CC1. The fourth-order valence-electron chi connectivity index (χ4n) is 2.44. The van der Waals surface area contributed by atoms with E-state index in [1.54, 1.807) is 0 Å². The highest BCUT2D eigenvalue weighted by molar-refractivity contribution is 7.09. The fraction of sp³-hybridized carbons (Fsp3) is 0.750. The van der Waals surface area contributed by atoms with Gasteiger partial charge >= 0.3 is 0 Å². The number of hydrogen-bond acceptors (Lipinski definition) is 3. The monoisotopic (exact) mass is 280 g/mol. The van der Waals surface area contributed by atoms with E-state index in [2.05, 4.69) is 41.6 Å². The molecule has 0 atom stereocenters. The summed E-state index contributed by atoms with van der Waals surface area (Å²) in [5.74, 6) is 0. The Labute approximate surface area is 122 Å². The van der Waals surface area contributed by atoms with E-state index in [-0.39, 0.29) is 0 Å². The summed E-state index contributed by atoms with van der Waals surface area (Å²) < 4.78 is 0. The van der Waals surface area contributed by atoms with Gasteiger partial charge in [-0.3, -0.25) is 4.90 Å². The van der Waals surface area contributed by atoms with Gasteiger partial charge in [-0.25, -0.2) is 0 Å². The van der Waals surface area contributed by atoms with Crippen molar-refractivity contribution in [3.8, 4) is 0 Å². The van der Waals surface area contributed by atoms with Gasteiger partial charge in [0.05, 0.1) is 0 Å². The fourth-order valence-corrected chi connectivity index (χ4v) is 3.17. The van der Waals surface area contributed by atoms with E-state index in [0.717, 1.165) is 6.04 Å². The Balaban J connectivity index is 1.59. The van der Waals surface area contributed by atoms with E-state index >= 15 is 0 Å². The second-order valence-corrected chi connectivity index (χ2v) is 6.98. The minimum atomic E-state index is 0.627. The van der Waals surface area contributed by atoms with Gasteiger partial charge in [-0.2, -0.15) is 0 Å². The number of nitrogens with one attached hydrogen (secondary N) is 1. The quantitative estimate of drug-likeness (QED) is 0.654. The lowest BCUT2D eigenvalue weighted by molar-refractivity contribution is 0.250. The van der Waals surface area contributed by atoms with E-state index in [1.807, 2.05) is 11.3 Å². The van der Waals surface area contributed by atoms with Crippen LogP contribution in [0.2, 0.25) is 0 Å². The van der Waals surface area contributed by atoms with Gasteiger partial charge in [0.15, 0.2) is 0 Å².